The summed E-state index contributed by atoms with van der Waals surface area (Å²) in [6.07, 6.45) is 5.16. The molecule has 4 rings (SSSR count). The average molecular weight is 354 g/mol. The van der Waals surface area contributed by atoms with Crippen LogP contribution >= 0.6 is 0 Å². The molecule has 136 valence electrons. The number of morpholine rings is 1. The fourth-order valence-corrected chi connectivity index (χ4v) is 3.24. The fourth-order valence-electron chi connectivity index (χ4n) is 3.24. The number of carbonyl (C=O) groups excluding carboxylic acids is 1. The molecule has 2 aliphatic heterocycles. The number of anilines is 2. The summed E-state index contributed by atoms with van der Waals surface area (Å²) >= 11 is 0. The van der Waals surface area contributed by atoms with Crippen LogP contribution in [0.15, 0.2) is 36.8 Å². The second-order valence-electron chi connectivity index (χ2n) is 6.33. The summed E-state index contributed by atoms with van der Waals surface area (Å²) in [5.41, 5.74) is 0.631. The van der Waals surface area contributed by atoms with E-state index < -0.39 is 0 Å². The van der Waals surface area contributed by atoms with Crippen LogP contribution in [-0.4, -0.2) is 78.2 Å². The Morgan fingerprint density at radius 2 is 1.62 bits per heavy atom. The second-order valence-corrected chi connectivity index (χ2v) is 6.33. The Balaban J connectivity index is 1.36. The molecule has 26 heavy (non-hydrogen) atoms. The molecule has 0 saturated carbocycles. The van der Waals surface area contributed by atoms with Gasteiger partial charge < -0.3 is 19.4 Å². The summed E-state index contributed by atoms with van der Waals surface area (Å²) < 4.78 is 5.36. The molecule has 2 saturated heterocycles. The normalized spacial score (nSPS) is 18.1. The van der Waals surface area contributed by atoms with Crippen molar-refractivity contribution in [2.45, 2.75) is 0 Å². The van der Waals surface area contributed by atoms with Crippen LogP contribution in [0.1, 0.15) is 10.4 Å². The number of amides is 1. The van der Waals surface area contributed by atoms with Crippen LogP contribution in [0.25, 0.3) is 0 Å². The van der Waals surface area contributed by atoms with Crippen LogP contribution in [0, 0.1) is 0 Å². The fraction of sp³-hybridized carbons (Fsp3) is 0.444. The molecular weight excluding hydrogens is 332 g/mol. The average Bonchev–Trinajstić information content (AvgIpc) is 2.75. The maximum atomic E-state index is 12.7. The molecule has 0 radical (unpaired) electrons. The van der Waals surface area contributed by atoms with Crippen LogP contribution in [-0.2, 0) is 4.74 Å². The molecule has 2 aromatic rings. The topological polar surface area (TPSA) is 74.7 Å². The minimum atomic E-state index is 0.0275. The number of rotatable bonds is 3. The van der Waals surface area contributed by atoms with Gasteiger partial charge in [-0.15, -0.1) is 0 Å². The Kier molecular flexibility index (Phi) is 4.92. The number of hydrogen-bond acceptors (Lipinski definition) is 7. The van der Waals surface area contributed by atoms with Gasteiger partial charge in [0.05, 0.1) is 18.8 Å². The molecule has 2 aromatic heterocycles. The minimum Gasteiger partial charge on any atom is -0.378 e. The van der Waals surface area contributed by atoms with E-state index in [0.29, 0.717) is 18.7 Å². The third-order valence-corrected chi connectivity index (χ3v) is 4.73. The van der Waals surface area contributed by atoms with Gasteiger partial charge in [-0.3, -0.25) is 4.79 Å². The molecule has 0 unspecified atom stereocenters. The highest BCUT2D eigenvalue weighted by atomic mass is 16.5. The maximum Gasteiger partial charge on any atom is 0.255 e. The number of ether oxygens (including phenoxy) is 1. The first-order valence-corrected chi connectivity index (χ1v) is 8.91. The Labute approximate surface area is 152 Å². The van der Waals surface area contributed by atoms with Gasteiger partial charge in [-0.2, -0.15) is 0 Å². The predicted octanol–water partition coefficient (Wildman–Crippen LogP) is 0.671. The molecule has 0 aromatic carbocycles. The highest BCUT2D eigenvalue weighted by molar-refractivity contribution is 5.94. The highest BCUT2D eigenvalue weighted by Gasteiger charge is 2.23. The van der Waals surface area contributed by atoms with Crippen molar-refractivity contribution in [3.8, 4) is 0 Å². The molecule has 4 heterocycles. The van der Waals surface area contributed by atoms with Crippen LogP contribution in [0.3, 0.4) is 0 Å². The van der Waals surface area contributed by atoms with E-state index in [1.807, 2.05) is 17.0 Å². The van der Waals surface area contributed by atoms with Gasteiger partial charge in [0, 0.05) is 57.9 Å². The number of hydrogen-bond donors (Lipinski definition) is 0. The van der Waals surface area contributed by atoms with Crippen LogP contribution in [0.5, 0.6) is 0 Å². The smallest absolute Gasteiger partial charge is 0.255 e. The first kappa shape index (κ1) is 16.7. The highest BCUT2D eigenvalue weighted by Crippen LogP contribution is 2.16. The third kappa shape index (κ3) is 3.60. The third-order valence-electron chi connectivity index (χ3n) is 4.73. The van der Waals surface area contributed by atoms with Gasteiger partial charge in [-0.25, -0.2) is 15.0 Å². The SMILES string of the molecule is O=C(c1ccc(N2CCOCC2)nc1)N1CCN(c2ncccn2)CC1. The van der Waals surface area contributed by atoms with Crippen molar-refractivity contribution in [2.75, 3.05) is 62.3 Å². The molecule has 2 aliphatic rings. The van der Waals surface area contributed by atoms with Crippen molar-refractivity contribution in [2.24, 2.45) is 0 Å². The molecular formula is C18H22N6O2. The van der Waals surface area contributed by atoms with Crippen molar-refractivity contribution >= 4 is 17.7 Å². The van der Waals surface area contributed by atoms with Gasteiger partial charge in [-0.1, -0.05) is 0 Å². The van der Waals surface area contributed by atoms with Crippen LogP contribution in [0.2, 0.25) is 0 Å². The van der Waals surface area contributed by atoms with Gasteiger partial charge >= 0.3 is 0 Å². The predicted molar refractivity (Wildman–Crippen MR) is 97.4 cm³/mol. The maximum absolute atomic E-state index is 12.7. The lowest BCUT2D eigenvalue weighted by atomic mass is 10.2. The van der Waals surface area contributed by atoms with Gasteiger partial charge in [0.2, 0.25) is 5.95 Å². The van der Waals surface area contributed by atoms with E-state index in [1.165, 1.54) is 0 Å². The van der Waals surface area contributed by atoms with Crippen LogP contribution < -0.4 is 9.80 Å². The Hall–Kier alpha value is -2.74. The van der Waals surface area contributed by atoms with E-state index in [9.17, 15) is 4.79 Å². The lowest BCUT2D eigenvalue weighted by Crippen LogP contribution is -2.49. The molecule has 0 N–H and O–H groups in total. The number of carbonyl (C=O) groups is 1. The largest absolute Gasteiger partial charge is 0.378 e. The Bertz CT molecular complexity index is 725. The molecule has 0 aliphatic carbocycles. The van der Waals surface area contributed by atoms with Crippen LogP contribution in [0.4, 0.5) is 11.8 Å². The molecule has 0 atom stereocenters. The first-order chi connectivity index (χ1) is 12.8. The lowest BCUT2D eigenvalue weighted by Gasteiger charge is -2.34. The van der Waals surface area contributed by atoms with E-state index in [0.717, 1.165) is 51.2 Å². The standard InChI is InChI=1S/C18H22N6O2/c25-17(15-2-3-16(21-14-15)22-10-12-26-13-11-22)23-6-8-24(9-7-23)18-19-4-1-5-20-18/h1-5,14H,6-13H2. The Morgan fingerprint density at radius 3 is 2.27 bits per heavy atom. The van der Waals surface area contributed by atoms with Crippen molar-refractivity contribution < 1.29 is 9.53 Å². The van der Waals surface area contributed by atoms with Crippen molar-refractivity contribution in [3.05, 3.63) is 42.4 Å². The zero-order chi connectivity index (χ0) is 17.8. The quantitative estimate of drug-likeness (QED) is 0.802. The monoisotopic (exact) mass is 354 g/mol. The van der Waals surface area contributed by atoms with Crippen molar-refractivity contribution in [1.82, 2.24) is 19.9 Å². The molecule has 0 spiro atoms. The molecule has 0 bridgehead atoms. The zero-order valence-corrected chi connectivity index (χ0v) is 14.6. The molecule has 2 fully saturated rings. The number of aromatic nitrogens is 3. The second kappa shape index (κ2) is 7.65. The van der Waals surface area contributed by atoms with E-state index in [4.69, 9.17) is 4.74 Å². The molecule has 1 amide bonds. The Morgan fingerprint density at radius 1 is 0.885 bits per heavy atom. The van der Waals surface area contributed by atoms with Gasteiger partial charge in [0.1, 0.15) is 5.82 Å². The van der Waals surface area contributed by atoms with Gasteiger partial charge in [0.15, 0.2) is 0 Å². The number of piperazine rings is 1. The van der Waals surface area contributed by atoms with Crippen molar-refractivity contribution in [3.63, 3.8) is 0 Å². The summed E-state index contributed by atoms with van der Waals surface area (Å²) in [4.78, 5) is 31.9. The lowest BCUT2D eigenvalue weighted by molar-refractivity contribution is 0.0745. The molecule has 8 nitrogen and oxygen atoms in total. The zero-order valence-electron chi connectivity index (χ0n) is 14.6. The summed E-state index contributed by atoms with van der Waals surface area (Å²) in [7, 11) is 0. The number of pyridine rings is 1. The molecule has 8 heteroatoms. The minimum absolute atomic E-state index is 0.0275. The summed E-state index contributed by atoms with van der Waals surface area (Å²) in [6.45, 7) is 5.89. The van der Waals surface area contributed by atoms with E-state index in [2.05, 4.69) is 24.8 Å². The summed E-state index contributed by atoms with van der Waals surface area (Å²) in [6, 6.07) is 5.59. The van der Waals surface area contributed by atoms with E-state index in [-0.39, 0.29) is 5.91 Å². The summed E-state index contributed by atoms with van der Waals surface area (Å²) in [5, 5.41) is 0. The van der Waals surface area contributed by atoms with Gasteiger partial charge in [-0.05, 0) is 18.2 Å². The summed E-state index contributed by atoms with van der Waals surface area (Å²) in [5.74, 6) is 1.65. The van der Waals surface area contributed by atoms with E-state index in [1.54, 1.807) is 24.7 Å². The van der Waals surface area contributed by atoms with Crippen molar-refractivity contribution in [1.29, 1.82) is 0 Å². The first-order valence-electron chi connectivity index (χ1n) is 8.91. The van der Waals surface area contributed by atoms with E-state index >= 15 is 0 Å². The van der Waals surface area contributed by atoms with Gasteiger partial charge in [0.25, 0.3) is 5.91 Å². The number of nitrogens with zero attached hydrogens (tertiary/aromatic N) is 6.